The highest BCUT2D eigenvalue weighted by atomic mass is 16.6. The second-order valence-electron chi connectivity index (χ2n) is 10.1. The van der Waals surface area contributed by atoms with Gasteiger partial charge in [0.15, 0.2) is 0 Å². The summed E-state index contributed by atoms with van der Waals surface area (Å²) >= 11 is 0. The number of nitrogens with zero attached hydrogens (tertiary/aromatic N) is 2. The molecule has 1 aliphatic heterocycles. The van der Waals surface area contributed by atoms with Crippen LogP contribution < -0.4 is 5.56 Å². The number of benzene rings is 2. The van der Waals surface area contributed by atoms with Gasteiger partial charge in [-0.25, -0.2) is 4.79 Å². The van der Waals surface area contributed by atoms with Crippen LogP contribution in [0.5, 0.6) is 0 Å². The Kier molecular flexibility index (Phi) is 8.75. The van der Waals surface area contributed by atoms with E-state index in [9.17, 15) is 14.7 Å². The van der Waals surface area contributed by atoms with Crippen LogP contribution in [0.1, 0.15) is 56.5 Å². The predicted octanol–water partition coefficient (Wildman–Crippen LogP) is 5.79. The van der Waals surface area contributed by atoms with E-state index >= 15 is 0 Å². The molecular weight excluding hydrogens is 452 g/mol. The summed E-state index contributed by atoms with van der Waals surface area (Å²) in [6.07, 6.45) is 0.537. The van der Waals surface area contributed by atoms with Crippen molar-refractivity contribution in [1.29, 1.82) is 0 Å². The Hall–Kier alpha value is -3.38. The van der Waals surface area contributed by atoms with Crippen LogP contribution in [0.2, 0.25) is 0 Å². The minimum absolute atomic E-state index is 0.0257. The first-order chi connectivity index (χ1) is 17.0. The van der Waals surface area contributed by atoms with Crippen molar-refractivity contribution in [2.45, 2.75) is 65.2 Å². The van der Waals surface area contributed by atoms with Crippen molar-refractivity contribution in [3.63, 3.8) is 0 Å². The van der Waals surface area contributed by atoms with Gasteiger partial charge >= 0.3 is 6.09 Å². The smallest absolute Gasteiger partial charge is 0.410 e. The van der Waals surface area contributed by atoms with Gasteiger partial charge in [-0.05, 0) is 56.9 Å². The lowest BCUT2D eigenvalue weighted by Crippen LogP contribution is -2.45. The molecule has 1 amide bonds. The SMILES string of the molecule is Cc1c(-c2ccc(C(C)N3CCC(CC(C)(C)O)OC3=O)cc2)cc(=O)n(C)c1C.c1ccccc1. The molecule has 192 valence electrons. The molecule has 1 aromatic heterocycles. The Morgan fingerprint density at radius 3 is 2.08 bits per heavy atom. The molecule has 0 bridgehead atoms. The number of ether oxygens (including phenoxy) is 1. The average molecular weight is 491 g/mol. The maximum absolute atomic E-state index is 12.5. The Bertz CT molecular complexity index is 1180. The van der Waals surface area contributed by atoms with Crippen LogP contribution in [0.4, 0.5) is 4.79 Å². The van der Waals surface area contributed by atoms with Crippen molar-refractivity contribution in [3.05, 3.63) is 93.9 Å². The molecule has 36 heavy (non-hydrogen) atoms. The standard InChI is InChI=1S/C24H32N2O4.C6H6/c1-15-16(2)25(6)22(27)13-21(15)19-9-7-18(8-10-19)17(3)26-12-11-20(30-23(26)28)14-24(4,5)29;1-2-4-6-5-3-1/h7-10,13,17,20,29H,11-12,14H2,1-6H3;1-6H. The molecule has 1 saturated heterocycles. The summed E-state index contributed by atoms with van der Waals surface area (Å²) in [5.74, 6) is 0. The van der Waals surface area contributed by atoms with Crippen molar-refractivity contribution in [2.75, 3.05) is 6.54 Å². The zero-order chi connectivity index (χ0) is 26.5. The lowest BCUT2D eigenvalue weighted by molar-refractivity contribution is -0.0309. The number of cyclic esters (lactones) is 1. The van der Waals surface area contributed by atoms with E-state index in [4.69, 9.17) is 4.74 Å². The second-order valence-corrected chi connectivity index (χ2v) is 10.1. The second kappa shape index (κ2) is 11.6. The van der Waals surface area contributed by atoms with Gasteiger partial charge in [0, 0.05) is 38.2 Å². The molecule has 0 aliphatic carbocycles. The first-order valence-corrected chi connectivity index (χ1v) is 12.4. The number of amides is 1. The van der Waals surface area contributed by atoms with Crippen molar-refractivity contribution in [3.8, 4) is 11.1 Å². The van der Waals surface area contributed by atoms with E-state index in [2.05, 4.69) is 0 Å². The zero-order valence-electron chi connectivity index (χ0n) is 22.2. The highest BCUT2D eigenvalue weighted by Crippen LogP contribution is 2.30. The quantitative estimate of drug-likeness (QED) is 0.491. The van der Waals surface area contributed by atoms with Crippen LogP contribution in [0.3, 0.4) is 0 Å². The summed E-state index contributed by atoms with van der Waals surface area (Å²) in [4.78, 5) is 26.5. The molecule has 2 heterocycles. The van der Waals surface area contributed by atoms with E-state index in [1.165, 1.54) is 0 Å². The maximum atomic E-state index is 12.5. The van der Waals surface area contributed by atoms with E-state index in [0.717, 1.165) is 27.9 Å². The summed E-state index contributed by atoms with van der Waals surface area (Å²) in [7, 11) is 1.78. The van der Waals surface area contributed by atoms with Gasteiger partial charge in [0.1, 0.15) is 6.10 Å². The highest BCUT2D eigenvalue weighted by Gasteiger charge is 2.33. The fourth-order valence-electron chi connectivity index (χ4n) is 4.44. The van der Waals surface area contributed by atoms with Crippen molar-refractivity contribution in [1.82, 2.24) is 9.47 Å². The summed E-state index contributed by atoms with van der Waals surface area (Å²) in [6.45, 7) is 10.0. The molecule has 6 nitrogen and oxygen atoms in total. The molecule has 2 aromatic carbocycles. The summed E-state index contributed by atoms with van der Waals surface area (Å²) in [5, 5.41) is 9.97. The number of hydrogen-bond donors (Lipinski definition) is 1. The van der Waals surface area contributed by atoms with Crippen LogP contribution in [0, 0.1) is 13.8 Å². The summed E-state index contributed by atoms with van der Waals surface area (Å²) in [5.41, 5.74) is 4.07. The molecule has 2 unspecified atom stereocenters. The van der Waals surface area contributed by atoms with Gasteiger partial charge in [-0.2, -0.15) is 0 Å². The molecular formula is C30H38N2O4. The maximum Gasteiger partial charge on any atom is 0.410 e. The molecule has 4 rings (SSSR count). The molecule has 0 saturated carbocycles. The minimum atomic E-state index is -0.858. The minimum Gasteiger partial charge on any atom is -0.446 e. The van der Waals surface area contributed by atoms with E-state index < -0.39 is 5.60 Å². The van der Waals surface area contributed by atoms with Gasteiger partial charge in [-0.3, -0.25) is 4.79 Å². The number of pyridine rings is 1. The number of aliphatic hydroxyl groups is 1. The van der Waals surface area contributed by atoms with Gasteiger partial charge in [-0.15, -0.1) is 0 Å². The van der Waals surface area contributed by atoms with E-state index in [1.54, 1.807) is 36.4 Å². The lowest BCUT2D eigenvalue weighted by atomic mass is 9.96. The molecule has 1 N–H and O–H groups in total. The van der Waals surface area contributed by atoms with Crippen LogP contribution in [0.15, 0.2) is 71.5 Å². The van der Waals surface area contributed by atoms with Crippen molar-refractivity contribution < 1.29 is 14.6 Å². The lowest BCUT2D eigenvalue weighted by Gasteiger charge is -2.37. The van der Waals surface area contributed by atoms with Crippen molar-refractivity contribution >= 4 is 6.09 Å². The molecule has 2 atom stereocenters. The molecule has 0 radical (unpaired) electrons. The molecule has 3 aromatic rings. The summed E-state index contributed by atoms with van der Waals surface area (Å²) < 4.78 is 7.21. The fraction of sp³-hybridized carbons (Fsp3) is 0.400. The molecule has 1 aliphatic rings. The van der Waals surface area contributed by atoms with E-state index in [-0.39, 0.29) is 23.8 Å². The number of carbonyl (C=O) groups is 1. The van der Waals surface area contributed by atoms with E-state index in [0.29, 0.717) is 19.4 Å². The molecule has 0 spiro atoms. The van der Waals surface area contributed by atoms with Gasteiger partial charge in [0.25, 0.3) is 5.56 Å². The third kappa shape index (κ3) is 6.85. The third-order valence-electron chi connectivity index (χ3n) is 6.81. The normalized spacial score (nSPS) is 16.6. The Morgan fingerprint density at radius 2 is 1.58 bits per heavy atom. The number of aromatic nitrogens is 1. The van der Waals surface area contributed by atoms with E-state index in [1.807, 2.05) is 81.4 Å². The summed E-state index contributed by atoms with van der Waals surface area (Å²) in [6, 6.07) is 21.6. The molecule has 1 fully saturated rings. The van der Waals surface area contributed by atoms with Crippen LogP contribution in [-0.2, 0) is 11.8 Å². The topological polar surface area (TPSA) is 71.8 Å². The zero-order valence-corrected chi connectivity index (χ0v) is 22.2. The van der Waals surface area contributed by atoms with Gasteiger partial charge in [0.2, 0.25) is 0 Å². The van der Waals surface area contributed by atoms with Crippen LogP contribution >= 0.6 is 0 Å². The molecule has 6 heteroatoms. The first kappa shape index (κ1) is 27.2. The number of carbonyl (C=O) groups excluding carboxylic acids is 1. The number of hydrogen-bond acceptors (Lipinski definition) is 4. The van der Waals surface area contributed by atoms with Crippen LogP contribution in [0.25, 0.3) is 11.1 Å². The number of rotatable bonds is 5. The van der Waals surface area contributed by atoms with Gasteiger partial charge in [-0.1, -0.05) is 60.7 Å². The first-order valence-electron chi connectivity index (χ1n) is 12.4. The largest absolute Gasteiger partial charge is 0.446 e. The Labute approximate surface area is 214 Å². The van der Waals surface area contributed by atoms with Gasteiger partial charge < -0.3 is 19.3 Å². The average Bonchev–Trinajstić information content (AvgIpc) is 2.85. The van der Waals surface area contributed by atoms with Gasteiger partial charge in [0.05, 0.1) is 11.6 Å². The van der Waals surface area contributed by atoms with Crippen LogP contribution in [-0.4, -0.2) is 38.9 Å². The fourth-order valence-corrected chi connectivity index (χ4v) is 4.44. The monoisotopic (exact) mass is 490 g/mol. The van der Waals surface area contributed by atoms with Crippen molar-refractivity contribution in [2.24, 2.45) is 7.05 Å². The highest BCUT2D eigenvalue weighted by molar-refractivity contribution is 5.70. The third-order valence-corrected chi connectivity index (χ3v) is 6.81. The Morgan fingerprint density at radius 1 is 1.03 bits per heavy atom. The Balaban J connectivity index is 0.000000526. The predicted molar refractivity (Wildman–Crippen MR) is 144 cm³/mol.